The molecule has 1 atom stereocenters. The van der Waals surface area contributed by atoms with Crippen LogP contribution in [0.3, 0.4) is 0 Å². The highest BCUT2D eigenvalue weighted by molar-refractivity contribution is 5.56. The summed E-state index contributed by atoms with van der Waals surface area (Å²) >= 11 is 0. The van der Waals surface area contributed by atoms with Crippen molar-refractivity contribution in [1.82, 2.24) is 4.98 Å². The number of nitro groups is 1. The van der Waals surface area contributed by atoms with Gasteiger partial charge in [0.1, 0.15) is 11.6 Å². The molecule has 0 spiro atoms. The molecule has 2 rings (SSSR count). The van der Waals surface area contributed by atoms with Gasteiger partial charge in [0.2, 0.25) is 0 Å². The van der Waals surface area contributed by atoms with E-state index in [1.807, 2.05) is 0 Å². The number of hydrazine groups is 1. The fourth-order valence-electron chi connectivity index (χ4n) is 2.76. The monoisotopic (exact) mass is 279 g/mol. The smallest absolute Gasteiger partial charge is 0.276 e. The van der Waals surface area contributed by atoms with Crippen molar-refractivity contribution in [3.05, 3.63) is 22.2 Å². The van der Waals surface area contributed by atoms with E-state index < -0.39 is 4.92 Å². The zero-order valence-electron chi connectivity index (χ0n) is 11.7. The third kappa shape index (κ3) is 3.16. The van der Waals surface area contributed by atoms with Gasteiger partial charge in [0.15, 0.2) is 0 Å². The number of hydrogen-bond donors (Lipinski definition) is 2. The summed E-state index contributed by atoms with van der Waals surface area (Å²) in [6.07, 6.45) is 5.59. The van der Waals surface area contributed by atoms with Crippen molar-refractivity contribution >= 4 is 17.3 Å². The summed E-state index contributed by atoms with van der Waals surface area (Å²) in [6.45, 7) is 3.05. The molecule has 1 fully saturated rings. The minimum Gasteiger partial charge on any atom is -0.353 e. The Labute approximate surface area is 118 Å². The number of hydrogen-bond acceptors (Lipinski definition) is 6. The number of nitrogens with two attached hydrogens (primary N) is 1. The van der Waals surface area contributed by atoms with Crippen LogP contribution in [0.2, 0.25) is 0 Å². The molecule has 7 nitrogen and oxygen atoms in total. The van der Waals surface area contributed by atoms with Gasteiger partial charge in [-0.15, -0.1) is 0 Å². The quantitative estimate of drug-likeness (QED) is 0.488. The first-order chi connectivity index (χ1) is 9.65. The second-order valence-corrected chi connectivity index (χ2v) is 5.10. The van der Waals surface area contributed by atoms with E-state index in [1.165, 1.54) is 18.6 Å². The van der Waals surface area contributed by atoms with Crippen molar-refractivity contribution in [2.45, 2.75) is 45.1 Å². The Morgan fingerprint density at radius 3 is 3.00 bits per heavy atom. The predicted molar refractivity (Wildman–Crippen MR) is 78.6 cm³/mol. The van der Waals surface area contributed by atoms with Crippen LogP contribution in [0.15, 0.2) is 12.1 Å². The molecule has 0 aromatic carbocycles. The summed E-state index contributed by atoms with van der Waals surface area (Å²) in [5, 5.41) is 11.0. The lowest BCUT2D eigenvalue weighted by molar-refractivity contribution is -0.384. The maximum Gasteiger partial charge on any atom is 0.276 e. The first-order valence-electron chi connectivity index (χ1n) is 7.05. The molecule has 20 heavy (non-hydrogen) atoms. The fraction of sp³-hybridized carbons (Fsp3) is 0.615. The van der Waals surface area contributed by atoms with Crippen LogP contribution in [0.5, 0.6) is 0 Å². The number of aromatic nitrogens is 1. The highest BCUT2D eigenvalue weighted by Gasteiger charge is 2.24. The third-order valence-electron chi connectivity index (χ3n) is 3.70. The first-order valence-corrected chi connectivity index (χ1v) is 7.05. The maximum atomic E-state index is 11.0. The largest absolute Gasteiger partial charge is 0.353 e. The zero-order chi connectivity index (χ0) is 14.5. The fourth-order valence-corrected chi connectivity index (χ4v) is 2.76. The molecule has 2 heterocycles. The lowest BCUT2D eigenvalue weighted by atomic mass is 9.98. The number of nitrogens with one attached hydrogen (secondary N) is 1. The summed E-state index contributed by atoms with van der Waals surface area (Å²) in [5.41, 5.74) is 2.42. The lowest BCUT2D eigenvalue weighted by Gasteiger charge is -2.36. The average molecular weight is 279 g/mol. The van der Waals surface area contributed by atoms with E-state index in [0.717, 1.165) is 32.2 Å². The first kappa shape index (κ1) is 14.5. The van der Waals surface area contributed by atoms with Crippen LogP contribution in [-0.2, 0) is 0 Å². The van der Waals surface area contributed by atoms with Crippen molar-refractivity contribution in [1.29, 1.82) is 0 Å². The van der Waals surface area contributed by atoms with Crippen molar-refractivity contribution in [2.75, 3.05) is 16.9 Å². The molecule has 0 saturated carbocycles. The summed E-state index contributed by atoms with van der Waals surface area (Å²) in [5.74, 6) is 6.33. The molecule has 1 aliphatic heterocycles. The number of nitrogen functional groups attached to an aromatic ring is 1. The Balaban J connectivity index is 2.33. The van der Waals surface area contributed by atoms with Crippen molar-refractivity contribution in [2.24, 2.45) is 5.84 Å². The number of anilines is 2. The van der Waals surface area contributed by atoms with Crippen molar-refractivity contribution in [3.63, 3.8) is 0 Å². The minimum absolute atomic E-state index is 0.0174. The maximum absolute atomic E-state index is 11.0. The standard InChI is InChI=1S/C13H21N5O2/c1-2-5-10-6-3-4-7-17(10)13-9-11(18(19)20)8-12(15-13)16-14/h8-10H,2-7,14H2,1H3,(H,15,16). The minimum atomic E-state index is -0.412. The van der Waals surface area contributed by atoms with Gasteiger partial charge in [-0.05, 0) is 25.7 Å². The molecular weight excluding hydrogens is 258 g/mol. The molecule has 3 N–H and O–H groups in total. The zero-order valence-corrected chi connectivity index (χ0v) is 11.7. The van der Waals surface area contributed by atoms with Gasteiger partial charge in [-0.1, -0.05) is 13.3 Å². The Hall–Kier alpha value is -1.89. The molecule has 0 amide bonds. The molecule has 0 aliphatic carbocycles. The van der Waals surface area contributed by atoms with Crippen LogP contribution in [0, 0.1) is 10.1 Å². The van der Waals surface area contributed by atoms with E-state index >= 15 is 0 Å². The molecule has 7 heteroatoms. The van der Waals surface area contributed by atoms with E-state index in [1.54, 1.807) is 0 Å². The van der Waals surface area contributed by atoms with Gasteiger partial charge >= 0.3 is 0 Å². The van der Waals surface area contributed by atoms with Gasteiger partial charge in [0, 0.05) is 12.6 Å². The van der Waals surface area contributed by atoms with Crippen LogP contribution in [0.4, 0.5) is 17.3 Å². The van der Waals surface area contributed by atoms with Gasteiger partial charge in [-0.2, -0.15) is 0 Å². The van der Waals surface area contributed by atoms with Crippen molar-refractivity contribution in [3.8, 4) is 0 Å². The van der Waals surface area contributed by atoms with Gasteiger partial charge in [0.25, 0.3) is 5.69 Å². The Morgan fingerprint density at radius 1 is 1.55 bits per heavy atom. The molecule has 110 valence electrons. The van der Waals surface area contributed by atoms with Gasteiger partial charge < -0.3 is 10.3 Å². The van der Waals surface area contributed by atoms with E-state index in [4.69, 9.17) is 5.84 Å². The van der Waals surface area contributed by atoms with E-state index in [2.05, 4.69) is 22.2 Å². The molecule has 1 aromatic heterocycles. The molecule has 1 aliphatic rings. The van der Waals surface area contributed by atoms with Crippen LogP contribution in [0.25, 0.3) is 0 Å². The molecule has 0 radical (unpaired) electrons. The summed E-state index contributed by atoms with van der Waals surface area (Å²) < 4.78 is 0. The third-order valence-corrected chi connectivity index (χ3v) is 3.70. The number of nitrogens with zero attached hydrogens (tertiary/aromatic N) is 3. The molecule has 1 aromatic rings. The Bertz CT molecular complexity index is 478. The average Bonchev–Trinajstić information content (AvgIpc) is 2.47. The van der Waals surface area contributed by atoms with Gasteiger partial charge in [-0.25, -0.2) is 10.8 Å². The predicted octanol–water partition coefficient (Wildman–Crippen LogP) is 2.43. The molecule has 1 unspecified atom stereocenters. The lowest BCUT2D eigenvalue weighted by Crippen LogP contribution is -2.40. The normalized spacial score (nSPS) is 18.9. The van der Waals surface area contributed by atoms with Crippen molar-refractivity contribution < 1.29 is 4.92 Å². The Kier molecular flexibility index (Phi) is 4.73. The summed E-state index contributed by atoms with van der Waals surface area (Å²) in [6, 6.07) is 3.30. The van der Waals surface area contributed by atoms with E-state index in [0.29, 0.717) is 17.7 Å². The van der Waals surface area contributed by atoms with E-state index in [-0.39, 0.29) is 5.69 Å². The number of rotatable bonds is 5. The van der Waals surface area contributed by atoms with Gasteiger partial charge in [-0.3, -0.25) is 10.1 Å². The number of pyridine rings is 1. The second kappa shape index (κ2) is 6.51. The van der Waals surface area contributed by atoms with Crippen LogP contribution >= 0.6 is 0 Å². The molecular formula is C13H21N5O2. The number of piperidine rings is 1. The van der Waals surface area contributed by atoms with Crippen LogP contribution in [0.1, 0.15) is 39.0 Å². The molecule has 1 saturated heterocycles. The SMILES string of the molecule is CCCC1CCCCN1c1cc([N+](=O)[O-])cc(NN)n1. The topological polar surface area (TPSA) is 97.3 Å². The summed E-state index contributed by atoms with van der Waals surface area (Å²) in [7, 11) is 0. The second-order valence-electron chi connectivity index (χ2n) is 5.10. The highest BCUT2D eigenvalue weighted by atomic mass is 16.6. The highest BCUT2D eigenvalue weighted by Crippen LogP contribution is 2.29. The van der Waals surface area contributed by atoms with E-state index in [9.17, 15) is 10.1 Å². The van der Waals surface area contributed by atoms with Crippen LogP contribution < -0.4 is 16.2 Å². The van der Waals surface area contributed by atoms with Crippen LogP contribution in [-0.4, -0.2) is 22.5 Å². The molecule has 0 bridgehead atoms. The van der Waals surface area contributed by atoms with Gasteiger partial charge in [0.05, 0.1) is 17.1 Å². The Morgan fingerprint density at radius 2 is 2.35 bits per heavy atom. The summed E-state index contributed by atoms with van der Waals surface area (Å²) in [4.78, 5) is 17.1.